The predicted octanol–water partition coefficient (Wildman–Crippen LogP) is -1.85. The summed E-state index contributed by atoms with van der Waals surface area (Å²) < 4.78 is 0. The molecule has 0 spiro atoms. The number of hydrogen-bond acceptors (Lipinski definition) is 2. The van der Waals surface area contributed by atoms with Crippen LogP contribution in [-0.2, 0) is 9.59 Å². The molecular weight excluding hydrogens is 132 g/mol. The second-order valence-corrected chi connectivity index (χ2v) is 2.20. The van der Waals surface area contributed by atoms with Gasteiger partial charge in [-0.1, -0.05) is 0 Å². The summed E-state index contributed by atoms with van der Waals surface area (Å²) in [5.74, 6) is -0.516. The van der Waals surface area contributed by atoms with E-state index in [1.54, 1.807) is 0 Å². The van der Waals surface area contributed by atoms with Crippen molar-refractivity contribution in [3.63, 3.8) is 0 Å². The van der Waals surface area contributed by atoms with Crippen molar-refractivity contribution < 1.29 is 15.3 Å². The van der Waals surface area contributed by atoms with Gasteiger partial charge in [0.25, 0.3) is 11.8 Å². The molecule has 1 aliphatic rings. The maximum Gasteiger partial charge on any atom is 0.291 e. The van der Waals surface area contributed by atoms with Gasteiger partial charge in [-0.2, -0.15) is 0 Å². The molecule has 10 heavy (non-hydrogen) atoms. The van der Waals surface area contributed by atoms with Crippen LogP contribution in [0.2, 0.25) is 0 Å². The first-order chi connectivity index (χ1) is 4.63. The lowest BCUT2D eigenvalue weighted by atomic mass is 10.2. The number of hydrogen-bond donors (Lipinski definition) is 1. The lowest BCUT2D eigenvalue weighted by Gasteiger charge is -2.17. The van der Waals surface area contributed by atoms with E-state index in [0.29, 0.717) is 0 Å². The third-order valence-electron chi connectivity index (χ3n) is 1.45. The summed E-state index contributed by atoms with van der Waals surface area (Å²) >= 11 is 0. The number of carbonyl (C=O) groups excluding carboxylic acids is 2. The Balaban J connectivity index is 2.89. The molecule has 0 aromatic heterocycles. The van der Waals surface area contributed by atoms with Crippen LogP contribution in [0, 0.1) is 0 Å². The Labute approximate surface area is 58.3 Å². The summed E-state index contributed by atoms with van der Waals surface area (Å²) in [5.41, 5.74) is 3.53. The molecule has 4 nitrogen and oxygen atoms in total. The first-order valence-electron chi connectivity index (χ1n) is 2.95. The van der Waals surface area contributed by atoms with Gasteiger partial charge >= 0.3 is 0 Å². The Bertz CT molecular complexity index is 210. The first kappa shape index (κ1) is 6.95. The summed E-state index contributed by atoms with van der Waals surface area (Å²) in [6.07, 6.45) is 2.86. The summed E-state index contributed by atoms with van der Waals surface area (Å²) in [5, 5.41) is 0. The van der Waals surface area contributed by atoms with Gasteiger partial charge < -0.3 is 5.73 Å². The van der Waals surface area contributed by atoms with Crippen molar-refractivity contribution in [1.29, 1.82) is 0 Å². The highest BCUT2D eigenvalue weighted by Crippen LogP contribution is 1.98. The van der Waals surface area contributed by atoms with E-state index in [2.05, 4.69) is 5.73 Å². The smallest absolute Gasteiger partial charge is 0.291 e. The molecule has 1 aliphatic heterocycles. The third kappa shape index (κ3) is 0.930. The Kier molecular flexibility index (Phi) is 1.55. The van der Waals surface area contributed by atoms with E-state index in [4.69, 9.17) is 0 Å². The van der Waals surface area contributed by atoms with Crippen LogP contribution in [-0.4, -0.2) is 29.8 Å². The maximum atomic E-state index is 10.9. The van der Waals surface area contributed by atoms with Crippen molar-refractivity contribution in [3.8, 4) is 0 Å². The Hall–Kier alpha value is -1.16. The largest absolute Gasteiger partial charge is 0.344 e. The topological polar surface area (TPSA) is 65.0 Å². The third-order valence-corrected chi connectivity index (χ3v) is 1.45. The average Bonchev–Trinajstić information content (AvgIpc) is 1.93. The van der Waals surface area contributed by atoms with Gasteiger partial charge in [0, 0.05) is 13.1 Å². The molecule has 3 N–H and O–H groups in total. The van der Waals surface area contributed by atoms with Gasteiger partial charge in [0.15, 0.2) is 6.04 Å². The first-order valence-corrected chi connectivity index (χ1v) is 2.95. The summed E-state index contributed by atoms with van der Waals surface area (Å²) in [6, 6.07) is -0.400. The van der Waals surface area contributed by atoms with Gasteiger partial charge in [0.2, 0.25) is 0 Å². The van der Waals surface area contributed by atoms with Crippen LogP contribution < -0.4 is 5.73 Å². The van der Waals surface area contributed by atoms with Crippen molar-refractivity contribution in [2.75, 3.05) is 7.05 Å². The molecule has 0 aromatic carbocycles. The second-order valence-electron chi connectivity index (χ2n) is 2.20. The Morgan fingerprint density at radius 3 is 2.70 bits per heavy atom. The molecule has 2 amide bonds. The summed E-state index contributed by atoms with van der Waals surface area (Å²) in [4.78, 5) is 22.7. The van der Waals surface area contributed by atoms with E-state index in [1.165, 1.54) is 19.2 Å². The molecule has 0 bridgehead atoms. The normalized spacial score (nSPS) is 25.8. The van der Waals surface area contributed by atoms with Gasteiger partial charge in [-0.3, -0.25) is 14.5 Å². The van der Waals surface area contributed by atoms with Crippen molar-refractivity contribution in [1.82, 2.24) is 4.90 Å². The van der Waals surface area contributed by atoms with E-state index in [-0.39, 0.29) is 11.8 Å². The number of rotatable bonds is 0. The maximum absolute atomic E-state index is 10.9. The van der Waals surface area contributed by atoms with Crippen LogP contribution >= 0.6 is 0 Å². The summed E-state index contributed by atoms with van der Waals surface area (Å²) in [7, 11) is 1.45. The number of likely N-dealkylation sites (N-methyl/N-ethyl adjacent to an activating group) is 1. The number of imide groups is 1. The molecule has 0 saturated carbocycles. The Morgan fingerprint density at radius 1 is 1.60 bits per heavy atom. The molecule has 0 radical (unpaired) electrons. The lowest BCUT2D eigenvalue weighted by molar-refractivity contribution is -0.390. The molecule has 1 rings (SSSR count). The quantitative estimate of drug-likeness (QED) is 0.402. The van der Waals surface area contributed by atoms with Crippen molar-refractivity contribution >= 4 is 11.8 Å². The SMILES string of the molecule is CN1C(=O)C=C[C@H]([NH3+])C1=O. The van der Waals surface area contributed by atoms with Gasteiger partial charge in [0.05, 0.1) is 0 Å². The fourth-order valence-corrected chi connectivity index (χ4v) is 0.750. The van der Waals surface area contributed by atoms with Crippen LogP contribution in [0.15, 0.2) is 12.2 Å². The van der Waals surface area contributed by atoms with E-state index < -0.39 is 6.04 Å². The molecule has 0 unspecified atom stereocenters. The minimum Gasteiger partial charge on any atom is -0.344 e. The van der Waals surface area contributed by atoms with Gasteiger partial charge in [0.1, 0.15) is 0 Å². The number of carbonyl (C=O) groups is 2. The highest BCUT2D eigenvalue weighted by atomic mass is 16.2. The zero-order valence-corrected chi connectivity index (χ0v) is 5.70. The van der Waals surface area contributed by atoms with Crippen molar-refractivity contribution in [2.45, 2.75) is 6.04 Å². The molecule has 0 aliphatic carbocycles. The van der Waals surface area contributed by atoms with Gasteiger partial charge in [-0.05, 0) is 6.08 Å². The molecule has 1 heterocycles. The highest BCUT2D eigenvalue weighted by molar-refractivity contribution is 6.05. The molecule has 4 heteroatoms. The summed E-state index contributed by atoms with van der Waals surface area (Å²) in [6.45, 7) is 0. The average molecular weight is 141 g/mol. The standard InChI is InChI=1S/C6H8N2O2/c1-8-5(9)3-2-4(7)6(8)10/h2-4H,7H2,1H3/p+1/t4-/m0/s1. The minimum absolute atomic E-state index is 0.243. The van der Waals surface area contributed by atoms with Crippen LogP contribution in [0.1, 0.15) is 0 Å². The van der Waals surface area contributed by atoms with Crippen LogP contribution in [0.5, 0.6) is 0 Å². The predicted molar refractivity (Wildman–Crippen MR) is 33.6 cm³/mol. The number of quaternary nitrogens is 1. The lowest BCUT2D eigenvalue weighted by Crippen LogP contribution is -2.68. The van der Waals surface area contributed by atoms with Crippen LogP contribution in [0.4, 0.5) is 0 Å². The van der Waals surface area contributed by atoms with Crippen LogP contribution in [0.3, 0.4) is 0 Å². The van der Waals surface area contributed by atoms with Crippen molar-refractivity contribution in [2.24, 2.45) is 0 Å². The number of nitrogens with zero attached hydrogens (tertiary/aromatic N) is 1. The zero-order valence-electron chi connectivity index (χ0n) is 5.70. The fraction of sp³-hybridized carbons (Fsp3) is 0.333. The molecule has 1 atom stereocenters. The second kappa shape index (κ2) is 2.22. The number of amides is 2. The van der Waals surface area contributed by atoms with E-state index in [0.717, 1.165) is 4.90 Å². The van der Waals surface area contributed by atoms with Crippen LogP contribution in [0.25, 0.3) is 0 Å². The zero-order chi connectivity index (χ0) is 7.72. The molecule has 0 aromatic rings. The van der Waals surface area contributed by atoms with E-state index >= 15 is 0 Å². The fourth-order valence-electron chi connectivity index (χ4n) is 0.750. The van der Waals surface area contributed by atoms with E-state index in [1.807, 2.05) is 0 Å². The van der Waals surface area contributed by atoms with E-state index in [9.17, 15) is 9.59 Å². The monoisotopic (exact) mass is 141 g/mol. The molecular formula is C6H9N2O2+. The minimum atomic E-state index is -0.400. The highest BCUT2D eigenvalue weighted by Gasteiger charge is 2.26. The van der Waals surface area contributed by atoms with Gasteiger partial charge in [-0.25, -0.2) is 0 Å². The molecule has 0 saturated heterocycles. The van der Waals surface area contributed by atoms with Gasteiger partial charge in [-0.15, -0.1) is 0 Å². The Morgan fingerprint density at radius 2 is 2.20 bits per heavy atom. The molecule has 54 valence electrons. The molecule has 0 fully saturated rings. The van der Waals surface area contributed by atoms with Crippen molar-refractivity contribution in [3.05, 3.63) is 12.2 Å².